The number of nitrogens with two attached hydrogens (primary N) is 1. The van der Waals surface area contributed by atoms with Crippen molar-refractivity contribution in [3.63, 3.8) is 0 Å². The van der Waals surface area contributed by atoms with Gasteiger partial charge < -0.3 is 11.1 Å². The van der Waals surface area contributed by atoms with Gasteiger partial charge >= 0.3 is 0 Å². The molecule has 10 heteroatoms. The normalized spacial score (nSPS) is 13.5. The quantitative estimate of drug-likeness (QED) is 0.301. The SMILES string of the molecule is NC(=O)c1c(NC(=O)c2cccc(NS(=O)(=O)c3ccccc3)c2)sc2c1CCN(Cc1ccccc1)C2. The van der Waals surface area contributed by atoms with E-state index in [1.165, 1.54) is 35.1 Å². The van der Waals surface area contributed by atoms with Crippen molar-refractivity contribution in [2.75, 3.05) is 16.6 Å². The Kier molecular flexibility index (Phi) is 7.28. The van der Waals surface area contributed by atoms with Gasteiger partial charge in [-0.2, -0.15) is 0 Å². The van der Waals surface area contributed by atoms with E-state index in [2.05, 4.69) is 27.1 Å². The maximum atomic E-state index is 13.2. The van der Waals surface area contributed by atoms with Gasteiger partial charge in [-0.25, -0.2) is 8.42 Å². The van der Waals surface area contributed by atoms with Crippen LogP contribution in [0.1, 0.15) is 36.7 Å². The van der Waals surface area contributed by atoms with E-state index in [4.69, 9.17) is 5.73 Å². The molecular formula is C28H26N4O4S2. The lowest BCUT2D eigenvalue weighted by Crippen LogP contribution is -2.30. The number of amides is 2. The number of carbonyl (C=O) groups is 2. The summed E-state index contributed by atoms with van der Waals surface area (Å²) in [4.78, 5) is 28.9. The molecule has 1 aromatic heterocycles. The molecule has 0 spiro atoms. The Balaban J connectivity index is 1.34. The lowest BCUT2D eigenvalue weighted by molar-refractivity contribution is 0.0999. The Morgan fingerprint density at radius 3 is 2.37 bits per heavy atom. The molecule has 5 rings (SSSR count). The first-order valence-electron chi connectivity index (χ1n) is 12.0. The van der Waals surface area contributed by atoms with Crippen LogP contribution in [-0.2, 0) is 29.5 Å². The predicted molar refractivity (Wildman–Crippen MR) is 149 cm³/mol. The molecule has 2 amide bonds. The van der Waals surface area contributed by atoms with Crippen LogP contribution >= 0.6 is 11.3 Å². The first-order valence-corrected chi connectivity index (χ1v) is 14.3. The molecule has 4 aromatic rings. The Morgan fingerprint density at radius 1 is 0.947 bits per heavy atom. The Bertz CT molecular complexity index is 1590. The van der Waals surface area contributed by atoms with Crippen molar-refractivity contribution in [2.24, 2.45) is 5.73 Å². The van der Waals surface area contributed by atoms with E-state index in [0.717, 1.165) is 23.5 Å². The summed E-state index contributed by atoms with van der Waals surface area (Å²) in [6, 6.07) is 24.3. The molecule has 2 heterocycles. The highest BCUT2D eigenvalue weighted by Gasteiger charge is 2.28. The van der Waals surface area contributed by atoms with Gasteiger partial charge in [0.2, 0.25) is 0 Å². The minimum absolute atomic E-state index is 0.117. The Hall–Kier alpha value is -3.99. The molecule has 194 valence electrons. The number of primary amides is 1. The number of fused-ring (bicyclic) bond motifs is 1. The highest BCUT2D eigenvalue weighted by atomic mass is 32.2. The maximum Gasteiger partial charge on any atom is 0.261 e. The average Bonchev–Trinajstić information content (AvgIpc) is 3.27. The summed E-state index contributed by atoms with van der Waals surface area (Å²) in [5.74, 6) is -1.05. The smallest absolute Gasteiger partial charge is 0.261 e. The van der Waals surface area contributed by atoms with Gasteiger partial charge in [-0.05, 0) is 47.9 Å². The van der Waals surface area contributed by atoms with Gasteiger partial charge in [0.15, 0.2) is 0 Å². The van der Waals surface area contributed by atoms with Crippen LogP contribution in [0.4, 0.5) is 10.7 Å². The molecule has 4 N–H and O–H groups in total. The van der Waals surface area contributed by atoms with Gasteiger partial charge in [0.25, 0.3) is 21.8 Å². The van der Waals surface area contributed by atoms with Crippen molar-refractivity contribution in [1.82, 2.24) is 4.90 Å². The van der Waals surface area contributed by atoms with E-state index in [1.54, 1.807) is 36.4 Å². The van der Waals surface area contributed by atoms with Gasteiger partial charge in [-0.15, -0.1) is 11.3 Å². The van der Waals surface area contributed by atoms with Crippen LogP contribution in [-0.4, -0.2) is 31.7 Å². The molecule has 0 fully saturated rings. The van der Waals surface area contributed by atoms with E-state index in [1.807, 2.05) is 18.2 Å². The zero-order valence-corrected chi connectivity index (χ0v) is 22.0. The molecule has 0 bridgehead atoms. The summed E-state index contributed by atoms with van der Waals surface area (Å²) in [6.07, 6.45) is 0.656. The predicted octanol–water partition coefficient (Wildman–Crippen LogP) is 4.46. The van der Waals surface area contributed by atoms with E-state index >= 15 is 0 Å². The van der Waals surface area contributed by atoms with Crippen LogP contribution in [0.25, 0.3) is 0 Å². The molecule has 1 aliphatic rings. The van der Waals surface area contributed by atoms with Crippen molar-refractivity contribution >= 4 is 43.9 Å². The minimum atomic E-state index is -3.81. The summed E-state index contributed by atoms with van der Waals surface area (Å²) in [7, 11) is -3.81. The van der Waals surface area contributed by atoms with Crippen molar-refractivity contribution in [3.05, 3.63) is 112 Å². The van der Waals surface area contributed by atoms with Gasteiger partial charge in [0, 0.05) is 35.8 Å². The average molecular weight is 547 g/mol. The van der Waals surface area contributed by atoms with Crippen molar-refractivity contribution in [2.45, 2.75) is 24.4 Å². The third kappa shape index (κ3) is 5.62. The van der Waals surface area contributed by atoms with E-state index < -0.39 is 21.8 Å². The van der Waals surface area contributed by atoms with Gasteiger partial charge in [0.05, 0.1) is 10.5 Å². The molecule has 38 heavy (non-hydrogen) atoms. The fourth-order valence-corrected chi connectivity index (χ4v) is 6.86. The Morgan fingerprint density at radius 2 is 1.66 bits per heavy atom. The van der Waals surface area contributed by atoms with E-state index in [9.17, 15) is 18.0 Å². The lowest BCUT2D eigenvalue weighted by Gasteiger charge is -2.27. The summed E-state index contributed by atoms with van der Waals surface area (Å²) in [5, 5.41) is 3.24. The van der Waals surface area contributed by atoms with E-state index in [0.29, 0.717) is 23.5 Å². The van der Waals surface area contributed by atoms with Crippen LogP contribution in [0.2, 0.25) is 0 Å². The van der Waals surface area contributed by atoms with Crippen LogP contribution < -0.4 is 15.8 Å². The second-order valence-corrected chi connectivity index (χ2v) is 11.8. The first-order chi connectivity index (χ1) is 18.3. The molecule has 0 saturated carbocycles. The number of nitrogens with zero attached hydrogens (tertiary/aromatic N) is 1. The monoisotopic (exact) mass is 546 g/mol. The number of sulfonamides is 1. The molecule has 8 nitrogen and oxygen atoms in total. The highest BCUT2D eigenvalue weighted by molar-refractivity contribution is 7.92. The van der Waals surface area contributed by atoms with Crippen LogP contribution in [0, 0.1) is 0 Å². The summed E-state index contributed by atoms with van der Waals surface area (Å²) >= 11 is 1.35. The molecule has 0 radical (unpaired) electrons. The number of benzene rings is 3. The third-order valence-corrected chi connectivity index (χ3v) is 8.82. The minimum Gasteiger partial charge on any atom is -0.365 e. The largest absolute Gasteiger partial charge is 0.365 e. The molecule has 0 aliphatic carbocycles. The maximum absolute atomic E-state index is 13.2. The molecule has 0 atom stereocenters. The third-order valence-electron chi connectivity index (χ3n) is 6.29. The molecular weight excluding hydrogens is 520 g/mol. The number of rotatable bonds is 8. The summed E-state index contributed by atoms with van der Waals surface area (Å²) < 4.78 is 27.9. The molecule has 3 aromatic carbocycles. The van der Waals surface area contributed by atoms with Crippen molar-refractivity contribution < 1.29 is 18.0 Å². The highest BCUT2D eigenvalue weighted by Crippen LogP contribution is 2.37. The van der Waals surface area contributed by atoms with Crippen LogP contribution in [0.15, 0.2) is 89.8 Å². The summed E-state index contributed by atoms with van der Waals surface area (Å²) in [5.41, 5.74) is 8.66. The fourth-order valence-electron chi connectivity index (χ4n) is 4.49. The number of hydrogen-bond acceptors (Lipinski definition) is 6. The second kappa shape index (κ2) is 10.8. The van der Waals surface area contributed by atoms with Gasteiger partial charge in [-0.1, -0.05) is 54.6 Å². The molecule has 1 aliphatic heterocycles. The van der Waals surface area contributed by atoms with Crippen LogP contribution in [0.3, 0.4) is 0 Å². The lowest BCUT2D eigenvalue weighted by atomic mass is 10.0. The van der Waals surface area contributed by atoms with Crippen molar-refractivity contribution in [3.8, 4) is 0 Å². The summed E-state index contributed by atoms with van der Waals surface area (Å²) in [6.45, 7) is 2.22. The number of nitrogens with one attached hydrogen (secondary N) is 2. The second-order valence-electron chi connectivity index (χ2n) is 8.97. The van der Waals surface area contributed by atoms with E-state index in [-0.39, 0.29) is 16.1 Å². The zero-order chi connectivity index (χ0) is 26.7. The van der Waals surface area contributed by atoms with Gasteiger partial charge in [0.1, 0.15) is 5.00 Å². The van der Waals surface area contributed by atoms with Gasteiger partial charge in [-0.3, -0.25) is 19.2 Å². The topological polar surface area (TPSA) is 122 Å². The standard InChI is InChI=1S/C28H26N4O4S2/c29-26(33)25-23-14-15-32(17-19-8-3-1-4-9-19)18-24(23)37-28(25)30-27(34)20-10-7-11-21(16-20)31-38(35,36)22-12-5-2-6-13-22/h1-13,16,31H,14-15,17-18H2,(H2,29,33)(H,30,34). The first kappa shape index (κ1) is 25.7. The number of hydrogen-bond donors (Lipinski definition) is 3. The number of thiophene rings is 1. The Labute approximate surface area is 225 Å². The van der Waals surface area contributed by atoms with Crippen molar-refractivity contribution in [1.29, 1.82) is 0 Å². The molecule has 0 unspecified atom stereocenters. The molecule has 0 saturated heterocycles. The zero-order valence-electron chi connectivity index (χ0n) is 20.4. The van der Waals surface area contributed by atoms with Crippen LogP contribution in [0.5, 0.6) is 0 Å². The number of carbonyl (C=O) groups excluding carboxylic acids is 2. The fraction of sp³-hybridized carbons (Fsp3) is 0.143. The number of anilines is 2.